The molecule has 1 heterocycles. The molecule has 1 aromatic rings. The van der Waals surface area contributed by atoms with E-state index in [2.05, 4.69) is 30.9 Å². The average Bonchev–Trinajstić information content (AvgIpc) is 2.95. The highest BCUT2D eigenvalue weighted by atomic mass is 16.5. The summed E-state index contributed by atoms with van der Waals surface area (Å²) in [5.74, 6) is 3.52. The molecule has 2 N–H and O–H groups in total. The zero-order chi connectivity index (χ0) is 14.0. The summed E-state index contributed by atoms with van der Waals surface area (Å²) in [6.45, 7) is 8.58. The van der Waals surface area contributed by atoms with Crippen molar-refractivity contribution < 1.29 is 4.52 Å². The number of hydrogen-bond donors (Lipinski definition) is 1. The molecule has 1 fully saturated rings. The van der Waals surface area contributed by atoms with E-state index < -0.39 is 0 Å². The smallest absolute Gasteiger partial charge is 0.231 e. The van der Waals surface area contributed by atoms with Gasteiger partial charge in [0.25, 0.3) is 0 Å². The molecule has 4 unspecified atom stereocenters. The second-order valence-electron chi connectivity index (χ2n) is 6.40. The summed E-state index contributed by atoms with van der Waals surface area (Å²) in [5, 5.41) is 4.21. The van der Waals surface area contributed by atoms with E-state index in [9.17, 15) is 0 Å². The van der Waals surface area contributed by atoms with E-state index in [0.29, 0.717) is 11.8 Å². The quantitative estimate of drug-likeness (QED) is 0.885. The van der Waals surface area contributed by atoms with Crippen LogP contribution in [0.3, 0.4) is 0 Å². The minimum atomic E-state index is 0.0419. The molecule has 0 bridgehead atoms. The Labute approximate surface area is 116 Å². The first-order chi connectivity index (χ1) is 9.02. The summed E-state index contributed by atoms with van der Waals surface area (Å²) in [6, 6.07) is 0.0419. The Morgan fingerprint density at radius 1 is 1.32 bits per heavy atom. The van der Waals surface area contributed by atoms with E-state index in [1.54, 1.807) is 0 Å². The molecule has 4 atom stereocenters. The van der Waals surface area contributed by atoms with Crippen LogP contribution in [0.15, 0.2) is 4.52 Å². The highest BCUT2D eigenvalue weighted by Crippen LogP contribution is 2.39. The van der Waals surface area contributed by atoms with Crippen LogP contribution in [0.1, 0.15) is 76.9 Å². The fourth-order valence-corrected chi connectivity index (χ4v) is 3.35. The molecule has 0 aromatic carbocycles. The Morgan fingerprint density at radius 3 is 2.58 bits per heavy atom. The molecule has 1 aliphatic rings. The average molecular weight is 265 g/mol. The molecular formula is C15H27N3O. The third-order valence-electron chi connectivity index (χ3n) is 4.51. The van der Waals surface area contributed by atoms with Gasteiger partial charge in [0.1, 0.15) is 0 Å². The van der Waals surface area contributed by atoms with Gasteiger partial charge < -0.3 is 10.3 Å². The number of aromatic nitrogens is 2. The zero-order valence-electron chi connectivity index (χ0n) is 12.6. The van der Waals surface area contributed by atoms with Gasteiger partial charge in [0.15, 0.2) is 5.82 Å². The third kappa shape index (κ3) is 3.16. The normalized spacial score (nSPS) is 26.8. The largest absolute Gasteiger partial charge is 0.339 e. The van der Waals surface area contributed by atoms with Crippen LogP contribution in [-0.2, 0) is 0 Å². The molecule has 108 valence electrons. The van der Waals surface area contributed by atoms with Crippen molar-refractivity contribution in [2.75, 3.05) is 0 Å². The summed E-state index contributed by atoms with van der Waals surface area (Å²) >= 11 is 0. The van der Waals surface area contributed by atoms with E-state index in [1.165, 1.54) is 25.7 Å². The second-order valence-corrected chi connectivity index (χ2v) is 6.40. The van der Waals surface area contributed by atoms with Crippen LogP contribution in [-0.4, -0.2) is 16.2 Å². The number of nitrogens with zero attached hydrogens (tertiary/aromatic N) is 2. The maximum Gasteiger partial charge on any atom is 0.231 e. The number of nitrogens with two attached hydrogens (primary N) is 1. The molecule has 0 aliphatic heterocycles. The van der Waals surface area contributed by atoms with Crippen molar-refractivity contribution in [2.45, 2.75) is 71.3 Å². The highest BCUT2D eigenvalue weighted by Gasteiger charge is 2.31. The Bertz CT molecular complexity index is 392. The summed E-state index contributed by atoms with van der Waals surface area (Å²) < 4.78 is 5.49. The fraction of sp³-hybridized carbons (Fsp3) is 0.867. The van der Waals surface area contributed by atoms with Gasteiger partial charge in [-0.15, -0.1) is 0 Å². The molecular weight excluding hydrogens is 238 g/mol. The molecule has 0 amide bonds. The van der Waals surface area contributed by atoms with Crippen molar-refractivity contribution in [3.05, 3.63) is 11.7 Å². The van der Waals surface area contributed by atoms with Crippen molar-refractivity contribution in [3.8, 4) is 0 Å². The van der Waals surface area contributed by atoms with Gasteiger partial charge in [0.05, 0.1) is 5.92 Å². The molecule has 0 radical (unpaired) electrons. The van der Waals surface area contributed by atoms with Crippen molar-refractivity contribution in [1.82, 2.24) is 10.1 Å². The van der Waals surface area contributed by atoms with Gasteiger partial charge in [-0.05, 0) is 38.0 Å². The summed E-state index contributed by atoms with van der Waals surface area (Å²) in [4.78, 5) is 4.65. The molecule has 1 saturated carbocycles. The maximum absolute atomic E-state index is 6.05. The molecule has 0 saturated heterocycles. The Kier molecular flexibility index (Phi) is 4.61. The predicted octanol–water partition coefficient (Wildman–Crippen LogP) is 3.45. The van der Waals surface area contributed by atoms with Crippen LogP contribution in [0.4, 0.5) is 0 Å². The first-order valence-corrected chi connectivity index (χ1v) is 7.62. The molecule has 2 rings (SSSR count). The highest BCUT2D eigenvalue weighted by molar-refractivity contribution is 5.04. The maximum atomic E-state index is 6.05. The van der Waals surface area contributed by atoms with Gasteiger partial charge in [0, 0.05) is 12.0 Å². The Morgan fingerprint density at radius 2 is 2.05 bits per heavy atom. The summed E-state index contributed by atoms with van der Waals surface area (Å²) in [5.41, 5.74) is 6.05. The fourth-order valence-electron chi connectivity index (χ4n) is 3.35. The number of rotatable bonds is 5. The van der Waals surface area contributed by atoms with Crippen molar-refractivity contribution >= 4 is 0 Å². The summed E-state index contributed by atoms with van der Waals surface area (Å²) in [6.07, 6.45) is 4.96. The second kappa shape index (κ2) is 6.04. The van der Waals surface area contributed by atoms with Crippen LogP contribution < -0.4 is 5.73 Å². The van der Waals surface area contributed by atoms with Crippen LogP contribution in [0.25, 0.3) is 0 Å². The topological polar surface area (TPSA) is 64.9 Å². The van der Waals surface area contributed by atoms with Crippen molar-refractivity contribution in [3.63, 3.8) is 0 Å². The Balaban J connectivity index is 2.10. The molecule has 4 heteroatoms. The van der Waals surface area contributed by atoms with E-state index in [0.717, 1.165) is 17.6 Å². The molecule has 1 aromatic heterocycles. The SMILES string of the molecule is CCC1CCC(c2noc(C(C(C)C)C(C)N)n2)C1. The minimum Gasteiger partial charge on any atom is -0.339 e. The van der Waals surface area contributed by atoms with Crippen LogP contribution in [0.5, 0.6) is 0 Å². The Hall–Kier alpha value is -0.900. The molecule has 4 nitrogen and oxygen atoms in total. The van der Waals surface area contributed by atoms with E-state index >= 15 is 0 Å². The number of hydrogen-bond acceptors (Lipinski definition) is 4. The third-order valence-corrected chi connectivity index (χ3v) is 4.51. The predicted molar refractivity (Wildman–Crippen MR) is 75.9 cm³/mol. The van der Waals surface area contributed by atoms with Crippen molar-refractivity contribution in [1.29, 1.82) is 0 Å². The van der Waals surface area contributed by atoms with Gasteiger partial charge in [-0.3, -0.25) is 0 Å². The minimum absolute atomic E-state index is 0.0419. The monoisotopic (exact) mass is 265 g/mol. The van der Waals surface area contributed by atoms with Gasteiger partial charge in [-0.25, -0.2) is 0 Å². The first kappa shape index (κ1) is 14.5. The van der Waals surface area contributed by atoms with E-state index in [-0.39, 0.29) is 12.0 Å². The molecule has 0 spiro atoms. The van der Waals surface area contributed by atoms with Gasteiger partial charge in [-0.2, -0.15) is 4.98 Å². The van der Waals surface area contributed by atoms with Crippen LogP contribution in [0, 0.1) is 11.8 Å². The lowest BCUT2D eigenvalue weighted by molar-refractivity contribution is 0.297. The standard InChI is InChI=1S/C15H27N3O/c1-5-11-6-7-12(8-11)14-17-15(19-18-14)13(9(2)3)10(4)16/h9-13H,5-8,16H2,1-4H3. The van der Waals surface area contributed by atoms with Gasteiger partial charge >= 0.3 is 0 Å². The summed E-state index contributed by atoms with van der Waals surface area (Å²) in [7, 11) is 0. The van der Waals surface area contributed by atoms with Crippen LogP contribution in [0.2, 0.25) is 0 Å². The van der Waals surface area contributed by atoms with E-state index in [4.69, 9.17) is 10.3 Å². The molecule has 1 aliphatic carbocycles. The molecule has 19 heavy (non-hydrogen) atoms. The zero-order valence-corrected chi connectivity index (χ0v) is 12.6. The van der Waals surface area contributed by atoms with Crippen molar-refractivity contribution in [2.24, 2.45) is 17.6 Å². The van der Waals surface area contributed by atoms with Crippen LogP contribution >= 0.6 is 0 Å². The van der Waals surface area contributed by atoms with Gasteiger partial charge in [0.2, 0.25) is 5.89 Å². The lowest BCUT2D eigenvalue weighted by Gasteiger charge is -2.20. The first-order valence-electron chi connectivity index (χ1n) is 7.62. The van der Waals surface area contributed by atoms with Gasteiger partial charge in [-0.1, -0.05) is 32.3 Å². The lowest BCUT2D eigenvalue weighted by atomic mass is 9.90. The lowest BCUT2D eigenvalue weighted by Crippen LogP contribution is -2.28. The van der Waals surface area contributed by atoms with E-state index in [1.807, 2.05) is 6.92 Å².